The number of ether oxygens (including phenoxy) is 4. The minimum Gasteiger partial charge on any atom is -0.496 e. The third-order valence-electron chi connectivity index (χ3n) is 7.17. The van der Waals surface area contributed by atoms with Gasteiger partial charge in [-0.05, 0) is 54.0 Å². The molecule has 1 aliphatic rings. The molecule has 0 N–H and O–H groups in total. The van der Waals surface area contributed by atoms with Crippen molar-refractivity contribution in [2.24, 2.45) is 4.99 Å². The smallest absolute Gasteiger partial charge is 0.338 e. The Hall–Kier alpha value is -4.52. The van der Waals surface area contributed by atoms with Crippen LogP contribution in [0, 0.1) is 12.3 Å². The number of aromatic nitrogens is 1. The van der Waals surface area contributed by atoms with E-state index in [0.717, 1.165) is 17.2 Å². The SMILES string of the molecule is C#CCOc1c(Cl)cc(/C=c2\sc3n(c2=O)[C@@H](c2c(OC)ccc4ccccc24)C(C(=O)OCC)=C(CCC)N=3)cc1OC. The molecule has 1 atom stereocenters. The van der Waals surface area contributed by atoms with E-state index >= 15 is 0 Å². The normalized spacial score (nSPS) is 14.5. The number of carbonyl (C=O) groups is 1. The second kappa shape index (κ2) is 13.4. The number of methoxy groups -OCH3 is 2. The molecule has 0 radical (unpaired) electrons. The summed E-state index contributed by atoms with van der Waals surface area (Å²) in [6.45, 7) is 3.97. The summed E-state index contributed by atoms with van der Waals surface area (Å²) in [5.74, 6) is 3.12. The Bertz CT molecular complexity index is 2000. The standard InChI is InChI=1S/C34H31ClN2O6S/c1-6-11-24-29(33(39)42-8-3)30(28-22-13-10-9-12-21(22)14-15-25(28)40-4)37-32(38)27(44-34(37)36-24)19-20-17-23(35)31(43-16-7-2)26(18-20)41-5/h2,9-10,12-15,17-19,30H,6,8,11,16H2,1,3-5H3/b27-19-/t30-/m0/s1. The lowest BCUT2D eigenvalue weighted by Crippen LogP contribution is -2.40. The average Bonchev–Trinajstić information content (AvgIpc) is 3.33. The molecule has 0 aliphatic carbocycles. The molecule has 2 heterocycles. The highest BCUT2D eigenvalue weighted by atomic mass is 35.5. The maximum absolute atomic E-state index is 14.3. The Balaban J connectivity index is 1.82. The van der Waals surface area contributed by atoms with Crippen molar-refractivity contribution >= 4 is 45.8 Å². The first-order valence-corrected chi connectivity index (χ1v) is 15.3. The first kappa shape index (κ1) is 30.9. The van der Waals surface area contributed by atoms with Crippen LogP contribution >= 0.6 is 22.9 Å². The Labute approximate surface area is 263 Å². The minimum absolute atomic E-state index is 0.0224. The third-order valence-corrected chi connectivity index (χ3v) is 8.43. The molecule has 4 aromatic rings. The zero-order valence-corrected chi connectivity index (χ0v) is 26.4. The van der Waals surface area contributed by atoms with E-state index in [9.17, 15) is 9.59 Å². The van der Waals surface area contributed by atoms with Gasteiger partial charge >= 0.3 is 5.97 Å². The molecule has 0 fully saturated rings. The highest BCUT2D eigenvalue weighted by molar-refractivity contribution is 7.07. The fraction of sp³-hybridized carbons (Fsp3) is 0.265. The fourth-order valence-corrected chi connectivity index (χ4v) is 6.65. The molecule has 8 nitrogen and oxygen atoms in total. The Kier molecular flexibility index (Phi) is 9.43. The maximum atomic E-state index is 14.3. The number of nitrogens with zero attached hydrogens (tertiary/aromatic N) is 2. The number of allylic oxidation sites excluding steroid dienone is 1. The summed E-state index contributed by atoms with van der Waals surface area (Å²) in [4.78, 5) is 33.3. The number of carbonyl (C=O) groups excluding carboxylic acids is 1. The zero-order valence-electron chi connectivity index (χ0n) is 24.8. The van der Waals surface area contributed by atoms with Crippen LogP contribution in [0.25, 0.3) is 16.8 Å². The molecule has 10 heteroatoms. The van der Waals surface area contributed by atoms with E-state index in [1.165, 1.54) is 18.4 Å². The Morgan fingerprint density at radius 3 is 2.61 bits per heavy atom. The van der Waals surface area contributed by atoms with Crippen molar-refractivity contribution in [3.8, 4) is 29.6 Å². The van der Waals surface area contributed by atoms with Gasteiger partial charge in [0.2, 0.25) is 0 Å². The molecular weight excluding hydrogens is 600 g/mol. The van der Waals surface area contributed by atoms with E-state index in [-0.39, 0.29) is 23.8 Å². The van der Waals surface area contributed by atoms with Crippen LogP contribution in [0.4, 0.5) is 0 Å². The van der Waals surface area contributed by atoms with Crippen molar-refractivity contribution in [1.82, 2.24) is 4.57 Å². The molecule has 44 heavy (non-hydrogen) atoms. The number of fused-ring (bicyclic) bond motifs is 2. The maximum Gasteiger partial charge on any atom is 0.338 e. The van der Waals surface area contributed by atoms with E-state index < -0.39 is 12.0 Å². The summed E-state index contributed by atoms with van der Waals surface area (Å²) < 4.78 is 24.4. The highest BCUT2D eigenvalue weighted by Crippen LogP contribution is 2.41. The zero-order chi connectivity index (χ0) is 31.4. The lowest BCUT2D eigenvalue weighted by Gasteiger charge is -2.28. The molecule has 0 saturated heterocycles. The van der Waals surface area contributed by atoms with Crippen molar-refractivity contribution in [3.05, 3.63) is 95.6 Å². The van der Waals surface area contributed by atoms with Gasteiger partial charge in [-0.1, -0.05) is 72.5 Å². The monoisotopic (exact) mass is 630 g/mol. The van der Waals surface area contributed by atoms with Crippen molar-refractivity contribution in [2.45, 2.75) is 32.7 Å². The second-order valence-electron chi connectivity index (χ2n) is 9.84. The molecule has 1 aromatic heterocycles. The van der Waals surface area contributed by atoms with E-state index in [1.54, 1.807) is 36.8 Å². The molecule has 0 unspecified atom stereocenters. The van der Waals surface area contributed by atoms with Crippen molar-refractivity contribution < 1.29 is 23.7 Å². The molecule has 0 saturated carbocycles. The topological polar surface area (TPSA) is 88.4 Å². The number of esters is 1. The van der Waals surface area contributed by atoms with Crippen LogP contribution in [0.5, 0.6) is 17.2 Å². The predicted octanol–water partition coefficient (Wildman–Crippen LogP) is 5.41. The molecule has 0 spiro atoms. The molecule has 226 valence electrons. The van der Waals surface area contributed by atoms with Gasteiger partial charge in [0.1, 0.15) is 18.4 Å². The molecule has 0 bridgehead atoms. The lowest BCUT2D eigenvalue weighted by molar-refractivity contribution is -0.139. The van der Waals surface area contributed by atoms with Gasteiger partial charge in [-0.2, -0.15) is 0 Å². The minimum atomic E-state index is -0.840. The quantitative estimate of drug-likeness (QED) is 0.172. The molecule has 1 aliphatic heterocycles. The number of halogens is 1. The molecular formula is C34H31ClN2O6S. The van der Waals surface area contributed by atoms with Crippen LogP contribution in [-0.4, -0.2) is 38.0 Å². The van der Waals surface area contributed by atoms with E-state index in [4.69, 9.17) is 42.0 Å². The van der Waals surface area contributed by atoms with Gasteiger partial charge in [0.05, 0.1) is 41.7 Å². The summed E-state index contributed by atoms with van der Waals surface area (Å²) >= 11 is 7.75. The number of hydrogen-bond acceptors (Lipinski definition) is 8. The second-order valence-corrected chi connectivity index (χ2v) is 11.3. The average molecular weight is 631 g/mol. The summed E-state index contributed by atoms with van der Waals surface area (Å²) in [7, 11) is 3.07. The van der Waals surface area contributed by atoms with Crippen LogP contribution in [0.2, 0.25) is 5.02 Å². The fourth-order valence-electron chi connectivity index (χ4n) is 5.36. The van der Waals surface area contributed by atoms with Crippen molar-refractivity contribution in [1.29, 1.82) is 0 Å². The third kappa shape index (κ3) is 5.71. The molecule has 3 aromatic carbocycles. The van der Waals surface area contributed by atoms with Crippen LogP contribution in [-0.2, 0) is 9.53 Å². The number of terminal acetylenes is 1. The summed E-state index contributed by atoms with van der Waals surface area (Å²) in [6.07, 6.45) is 8.32. The summed E-state index contributed by atoms with van der Waals surface area (Å²) in [6, 6.07) is 14.2. The van der Waals surface area contributed by atoms with Gasteiger partial charge in [0.25, 0.3) is 5.56 Å². The van der Waals surface area contributed by atoms with Crippen LogP contribution in [0.1, 0.15) is 43.9 Å². The molecule has 5 rings (SSSR count). The van der Waals surface area contributed by atoms with Crippen molar-refractivity contribution in [3.63, 3.8) is 0 Å². The van der Waals surface area contributed by atoms with Crippen LogP contribution < -0.4 is 29.1 Å². The predicted molar refractivity (Wildman–Crippen MR) is 172 cm³/mol. The summed E-state index contributed by atoms with van der Waals surface area (Å²) in [5.41, 5.74) is 1.88. The van der Waals surface area contributed by atoms with Crippen LogP contribution in [0.15, 0.2) is 69.6 Å². The largest absolute Gasteiger partial charge is 0.496 e. The Morgan fingerprint density at radius 1 is 1.14 bits per heavy atom. The summed E-state index contributed by atoms with van der Waals surface area (Å²) in [5, 5.41) is 2.08. The van der Waals surface area contributed by atoms with Gasteiger partial charge in [0, 0.05) is 5.56 Å². The van der Waals surface area contributed by atoms with E-state index in [2.05, 4.69) is 5.92 Å². The van der Waals surface area contributed by atoms with Gasteiger partial charge in [0.15, 0.2) is 16.3 Å². The van der Waals surface area contributed by atoms with Crippen LogP contribution in [0.3, 0.4) is 0 Å². The Morgan fingerprint density at radius 2 is 1.91 bits per heavy atom. The number of benzene rings is 3. The van der Waals surface area contributed by atoms with Crippen molar-refractivity contribution in [2.75, 3.05) is 27.4 Å². The highest BCUT2D eigenvalue weighted by Gasteiger charge is 2.37. The van der Waals surface area contributed by atoms with Gasteiger partial charge in [-0.25, -0.2) is 9.79 Å². The van der Waals surface area contributed by atoms with Gasteiger partial charge < -0.3 is 18.9 Å². The van der Waals surface area contributed by atoms with Gasteiger partial charge in [-0.3, -0.25) is 9.36 Å². The van der Waals surface area contributed by atoms with E-state index in [1.807, 2.05) is 43.3 Å². The number of thiazole rings is 1. The first-order chi connectivity index (χ1) is 21.4. The number of rotatable bonds is 10. The first-order valence-electron chi connectivity index (χ1n) is 14.1. The lowest BCUT2D eigenvalue weighted by atomic mass is 9.90. The number of hydrogen-bond donors (Lipinski definition) is 0. The molecule has 0 amide bonds. The van der Waals surface area contributed by atoms with Gasteiger partial charge in [-0.15, -0.1) is 6.42 Å². The van der Waals surface area contributed by atoms with E-state index in [0.29, 0.717) is 55.4 Å².